The number of imidazole rings is 1. The normalized spacial score (nSPS) is 18.6. The van der Waals surface area contributed by atoms with Crippen LogP contribution in [0.25, 0.3) is 0 Å². The van der Waals surface area contributed by atoms with E-state index in [2.05, 4.69) is 23.7 Å². The number of amides is 2. The lowest BCUT2D eigenvalue weighted by Gasteiger charge is -2.29. The lowest BCUT2D eigenvalue weighted by molar-refractivity contribution is -0.122. The van der Waals surface area contributed by atoms with Crippen LogP contribution in [0.1, 0.15) is 54.3 Å². The van der Waals surface area contributed by atoms with E-state index >= 15 is 0 Å². The quantitative estimate of drug-likeness (QED) is 0.883. The Bertz CT molecular complexity index is 932. The van der Waals surface area contributed by atoms with Gasteiger partial charge in [0, 0.05) is 31.6 Å². The molecule has 7 heteroatoms. The highest BCUT2D eigenvalue weighted by atomic mass is 16.5. The van der Waals surface area contributed by atoms with Crippen molar-refractivity contribution in [2.24, 2.45) is 7.05 Å². The molecule has 0 spiro atoms. The Morgan fingerprint density at radius 2 is 2.15 bits per heavy atom. The first-order valence-electron chi connectivity index (χ1n) is 9.31. The van der Waals surface area contributed by atoms with Gasteiger partial charge in [-0.05, 0) is 19.1 Å². The maximum absolute atomic E-state index is 13.2. The molecular formula is C20H24N4O3. The van der Waals surface area contributed by atoms with Crippen molar-refractivity contribution >= 4 is 17.5 Å². The van der Waals surface area contributed by atoms with E-state index in [-0.39, 0.29) is 11.8 Å². The first-order chi connectivity index (χ1) is 12.9. The van der Waals surface area contributed by atoms with Crippen LogP contribution in [-0.4, -0.2) is 38.9 Å². The Morgan fingerprint density at radius 1 is 1.37 bits per heavy atom. The molecule has 27 heavy (non-hydrogen) atoms. The third kappa shape index (κ3) is 2.87. The molecule has 2 aliphatic heterocycles. The van der Waals surface area contributed by atoms with Crippen molar-refractivity contribution in [1.29, 1.82) is 0 Å². The number of carbonyl (C=O) groups excluding carboxylic acids is 2. The van der Waals surface area contributed by atoms with E-state index in [0.717, 1.165) is 17.9 Å². The van der Waals surface area contributed by atoms with E-state index < -0.39 is 6.10 Å². The van der Waals surface area contributed by atoms with Gasteiger partial charge in [-0.1, -0.05) is 19.9 Å². The number of nitrogens with one attached hydrogen (secondary N) is 1. The molecule has 1 atom stereocenters. The number of fused-ring (bicyclic) bond motifs is 2. The fraction of sp³-hybridized carbons (Fsp3) is 0.450. The van der Waals surface area contributed by atoms with E-state index in [9.17, 15) is 9.59 Å². The number of aromatic nitrogens is 2. The Kier molecular flexibility index (Phi) is 4.17. The van der Waals surface area contributed by atoms with Gasteiger partial charge in [0.25, 0.3) is 11.8 Å². The summed E-state index contributed by atoms with van der Waals surface area (Å²) in [5.41, 5.74) is 3.19. The van der Waals surface area contributed by atoms with Crippen LogP contribution in [0.5, 0.6) is 5.75 Å². The lowest BCUT2D eigenvalue weighted by atomic mass is 10.1. The molecule has 0 radical (unpaired) electrons. The lowest BCUT2D eigenvalue weighted by Crippen LogP contribution is -2.38. The molecule has 0 bridgehead atoms. The monoisotopic (exact) mass is 368 g/mol. The van der Waals surface area contributed by atoms with Gasteiger partial charge in [0.1, 0.15) is 5.82 Å². The molecule has 0 aliphatic carbocycles. The molecule has 1 aromatic carbocycles. The minimum atomic E-state index is -0.621. The average molecular weight is 368 g/mol. The molecule has 4 rings (SSSR count). The zero-order valence-corrected chi connectivity index (χ0v) is 16.1. The summed E-state index contributed by atoms with van der Waals surface area (Å²) in [5.74, 6) is 1.53. The van der Waals surface area contributed by atoms with Crippen LogP contribution < -0.4 is 10.1 Å². The van der Waals surface area contributed by atoms with Crippen molar-refractivity contribution in [1.82, 2.24) is 14.5 Å². The molecule has 7 nitrogen and oxygen atoms in total. The smallest absolute Gasteiger partial charge is 0.265 e. The van der Waals surface area contributed by atoms with Crippen LogP contribution in [0.2, 0.25) is 0 Å². The summed E-state index contributed by atoms with van der Waals surface area (Å²) in [6.07, 6.45) is 0.157. The predicted octanol–water partition coefficient (Wildman–Crippen LogP) is 2.46. The number of anilines is 1. The summed E-state index contributed by atoms with van der Waals surface area (Å²) >= 11 is 0. The van der Waals surface area contributed by atoms with Gasteiger partial charge in [-0.3, -0.25) is 9.59 Å². The van der Waals surface area contributed by atoms with Crippen LogP contribution in [-0.2, 0) is 24.8 Å². The summed E-state index contributed by atoms with van der Waals surface area (Å²) in [6, 6.07) is 5.26. The van der Waals surface area contributed by atoms with E-state index in [1.807, 2.05) is 7.05 Å². The first kappa shape index (κ1) is 17.6. The second-order valence-corrected chi connectivity index (χ2v) is 7.49. The molecule has 1 N–H and O–H groups in total. The number of carbonyl (C=O) groups is 2. The first-order valence-corrected chi connectivity index (χ1v) is 9.31. The highest BCUT2D eigenvalue weighted by molar-refractivity contribution is 6.04. The van der Waals surface area contributed by atoms with Crippen molar-refractivity contribution in [2.45, 2.75) is 45.8 Å². The number of ether oxygens (including phenoxy) is 1. The van der Waals surface area contributed by atoms with E-state index in [4.69, 9.17) is 9.72 Å². The molecule has 3 heterocycles. The zero-order valence-electron chi connectivity index (χ0n) is 16.1. The van der Waals surface area contributed by atoms with Gasteiger partial charge < -0.3 is 19.5 Å². The number of para-hydroxylation sites is 1. The van der Waals surface area contributed by atoms with Crippen molar-refractivity contribution < 1.29 is 14.3 Å². The maximum atomic E-state index is 13.2. The van der Waals surface area contributed by atoms with Crippen LogP contribution in [0, 0.1) is 0 Å². The van der Waals surface area contributed by atoms with Gasteiger partial charge in [-0.2, -0.15) is 0 Å². The molecule has 0 saturated heterocycles. The summed E-state index contributed by atoms with van der Waals surface area (Å²) in [4.78, 5) is 31.6. The Hall–Kier alpha value is -2.83. The molecule has 0 saturated carbocycles. The van der Waals surface area contributed by atoms with E-state index in [1.165, 1.54) is 5.69 Å². The molecule has 1 aromatic heterocycles. The van der Waals surface area contributed by atoms with Crippen LogP contribution >= 0.6 is 0 Å². The van der Waals surface area contributed by atoms with Gasteiger partial charge in [-0.25, -0.2) is 4.98 Å². The van der Waals surface area contributed by atoms with Crippen molar-refractivity contribution in [3.8, 4) is 5.75 Å². The number of nitrogens with zero attached hydrogens (tertiary/aromatic N) is 3. The summed E-state index contributed by atoms with van der Waals surface area (Å²) < 4.78 is 7.89. The van der Waals surface area contributed by atoms with Gasteiger partial charge >= 0.3 is 0 Å². The molecular weight excluding hydrogens is 344 g/mol. The molecule has 1 unspecified atom stereocenters. The van der Waals surface area contributed by atoms with Crippen molar-refractivity contribution in [3.63, 3.8) is 0 Å². The molecule has 2 aliphatic rings. The standard InChI is InChI=1S/C20H24N4O3/c1-11(2)18-21-15-10-24(9-8-16(15)23(18)4)20(26)13-6-5-7-14-17(13)27-12(3)19(25)22-14/h5-7,11-12H,8-10H2,1-4H3,(H,22,25). The second-order valence-electron chi connectivity index (χ2n) is 7.49. The predicted molar refractivity (Wildman–Crippen MR) is 101 cm³/mol. The highest BCUT2D eigenvalue weighted by Crippen LogP contribution is 2.35. The fourth-order valence-electron chi connectivity index (χ4n) is 3.80. The largest absolute Gasteiger partial charge is 0.478 e. The Morgan fingerprint density at radius 3 is 2.89 bits per heavy atom. The minimum Gasteiger partial charge on any atom is -0.478 e. The van der Waals surface area contributed by atoms with Crippen LogP contribution in [0.3, 0.4) is 0 Å². The maximum Gasteiger partial charge on any atom is 0.265 e. The van der Waals surface area contributed by atoms with Crippen molar-refractivity contribution in [3.05, 3.63) is 41.0 Å². The second kappa shape index (κ2) is 6.40. The molecule has 2 aromatic rings. The number of benzene rings is 1. The van der Waals surface area contributed by atoms with Gasteiger partial charge in [0.05, 0.1) is 23.5 Å². The van der Waals surface area contributed by atoms with Crippen LogP contribution in [0.4, 0.5) is 5.69 Å². The molecule has 0 fully saturated rings. The van der Waals surface area contributed by atoms with Crippen LogP contribution in [0.15, 0.2) is 18.2 Å². The van der Waals surface area contributed by atoms with Gasteiger partial charge in [0.15, 0.2) is 11.9 Å². The SMILES string of the molecule is CC1Oc2c(cccc2C(=O)N2CCc3c(nc(C(C)C)n3C)C2)NC1=O. The number of rotatable bonds is 2. The zero-order chi connectivity index (χ0) is 19.3. The Balaban J connectivity index is 1.63. The summed E-state index contributed by atoms with van der Waals surface area (Å²) in [5, 5.41) is 2.80. The Labute approximate surface area is 158 Å². The number of hydrogen-bond acceptors (Lipinski definition) is 4. The molecule has 142 valence electrons. The number of hydrogen-bond donors (Lipinski definition) is 1. The molecule has 2 amide bonds. The van der Waals surface area contributed by atoms with E-state index in [0.29, 0.717) is 36.0 Å². The highest BCUT2D eigenvalue weighted by Gasteiger charge is 2.32. The fourth-order valence-corrected chi connectivity index (χ4v) is 3.80. The summed E-state index contributed by atoms with van der Waals surface area (Å²) in [7, 11) is 2.05. The third-order valence-corrected chi connectivity index (χ3v) is 5.26. The topological polar surface area (TPSA) is 76.5 Å². The third-order valence-electron chi connectivity index (χ3n) is 5.26. The van der Waals surface area contributed by atoms with E-state index in [1.54, 1.807) is 30.0 Å². The minimum absolute atomic E-state index is 0.0994. The van der Waals surface area contributed by atoms with Gasteiger partial charge in [-0.15, -0.1) is 0 Å². The van der Waals surface area contributed by atoms with Crippen molar-refractivity contribution in [2.75, 3.05) is 11.9 Å². The average Bonchev–Trinajstić information content (AvgIpc) is 2.98. The van der Waals surface area contributed by atoms with Gasteiger partial charge in [0.2, 0.25) is 0 Å². The summed E-state index contributed by atoms with van der Waals surface area (Å²) in [6.45, 7) is 7.04.